The van der Waals surface area contributed by atoms with Crippen LogP contribution in [0.3, 0.4) is 0 Å². The number of nitrogens with one attached hydrogen (secondary N) is 2. The molecule has 152 valence electrons. The molecule has 6 nitrogen and oxygen atoms in total. The van der Waals surface area contributed by atoms with E-state index in [9.17, 15) is 17.6 Å². The molecule has 0 bridgehead atoms. The van der Waals surface area contributed by atoms with E-state index < -0.39 is 21.7 Å². The Bertz CT molecular complexity index is 897. The summed E-state index contributed by atoms with van der Waals surface area (Å²) in [6.45, 7) is 0. The van der Waals surface area contributed by atoms with Crippen molar-refractivity contribution in [2.45, 2.75) is 42.7 Å². The Kier molecular flexibility index (Phi) is 7.54. The standard InChI is InChI=1S/C19H22FN3O3S.ClH/c20-14-3-1-13(2-4-14)19(24)22-16-9-11-18(12-10-16)27(25,26)23-17-7-5-15(21)6-8-17;/h1-4,9-12,15,17,23H,5-8,21H2,(H,22,24);1H. The van der Waals surface area contributed by atoms with Gasteiger partial charge in [0.15, 0.2) is 0 Å². The fraction of sp³-hybridized carbons (Fsp3) is 0.316. The molecule has 0 spiro atoms. The quantitative estimate of drug-likeness (QED) is 0.682. The Morgan fingerprint density at radius 2 is 1.54 bits per heavy atom. The first-order valence-corrected chi connectivity index (χ1v) is 10.3. The van der Waals surface area contributed by atoms with E-state index in [4.69, 9.17) is 5.73 Å². The van der Waals surface area contributed by atoms with Crippen molar-refractivity contribution in [3.63, 3.8) is 0 Å². The van der Waals surface area contributed by atoms with Crippen LogP contribution < -0.4 is 15.8 Å². The first kappa shape index (κ1) is 22.3. The molecule has 1 amide bonds. The zero-order valence-corrected chi connectivity index (χ0v) is 16.7. The molecule has 0 unspecified atom stereocenters. The maximum Gasteiger partial charge on any atom is 0.255 e. The van der Waals surface area contributed by atoms with Crippen LogP contribution in [-0.4, -0.2) is 26.4 Å². The number of sulfonamides is 1. The Hall–Kier alpha value is -2.00. The van der Waals surface area contributed by atoms with Crippen LogP contribution in [0.4, 0.5) is 10.1 Å². The number of hydrogen-bond donors (Lipinski definition) is 3. The lowest BCUT2D eigenvalue weighted by Crippen LogP contribution is -2.40. The van der Waals surface area contributed by atoms with Crippen molar-refractivity contribution in [1.29, 1.82) is 0 Å². The molecule has 4 N–H and O–H groups in total. The van der Waals surface area contributed by atoms with Crippen LogP contribution in [0.15, 0.2) is 53.4 Å². The average Bonchev–Trinajstić information content (AvgIpc) is 2.64. The Morgan fingerprint density at radius 3 is 2.11 bits per heavy atom. The Labute approximate surface area is 170 Å². The van der Waals surface area contributed by atoms with Gasteiger partial charge in [-0.05, 0) is 74.2 Å². The van der Waals surface area contributed by atoms with E-state index in [1.54, 1.807) is 0 Å². The highest BCUT2D eigenvalue weighted by Crippen LogP contribution is 2.20. The molecule has 2 aromatic carbocycles. The average molecular weight is 428 g/mol. The van der Waals surface area contributed by atoms with Gasteiger partial charge in [-0.2, -0.15) is 0 Å². The molecule has 0 radical (unpaired) electrons. The lowest BCUT2D eigenvalue weighted by Gasteiger charge is -2.26. The lowest BCUT2D eigenvalue weighted by atomic mass is 9.93. The maximum absolute atomic E-state index is 12.9. The molecule has 1 fully saturated rings. The molecule has 1 saturated carbocycles. The van der Waals surface area contributed by atoms with Crippen molar-refractivity contribution in [2.24, 2.45) is 5.73 Å². The van der Waals surface area contributed by atoms with Crippen molar-refractivity contribution < 1.29 is 17.6 Å². The number of anilines is 1. The zero-order chi connectivity index (χ0) is 19.4. The highest BCUT2D eigenvalue weighted by Gasteiger charge is 2.24. The van der Waals surface area contributed by atoms with E-state index in [0.717, 1.165) is 25.7 Å². The van der Waals surface area contributed by atoms with E-state index >= 15 is 0 Å². The predicted octanol–water partition coefficient (Wildman–Crippen LogP) is 3.05. The van der Waals surface area contributed by atoms with Crippen molar-refractivity contribution in [3.05, 3.63) is 59.9 Å². The summed E-state index contributed by atoms with van der Waals surface area (Å²) in [6, 6.07) is 11.1. The lowest BCUT2D eigenvalue weighted by molar-refractivity contribution is 0.102. The van der Waals surface area contributed by atoms with E-state index in [-0.39, 0.29) is 29.4 Å². The summed E-state index contributed by atoms with van der Waals surface area (Å²) in [5.74, 6) is -0.823. The van der Waals surface area contributed by atoms with Gasteiger partial charge < -0.3 is 11.1 Å². The third-order valence-electron chi connectivity index (χ3n) is 4.62. The molecule has 2 aromatic rings. The van der Waals surface area contributed by atoms with Gasteiger partial charge in [0.1, 0.15) is 5.82 Å². The fourth-order valence-electron chi connectivity index (χ4n) is 3.05. The van der Waals surface area contributed by atoms with Crippen LogP contribution in [0, 0.1) is 5.82 Å². The third-order valence-corrected chi connectivity index (χ3v) is 6.16. The first-order chi connectivity index (χ1) is 12.8. The topological polar surface area (TPSA) is 101 Å². The summed E-state index contributed by atoms with van der Waals surface area (Å²) in [5.41, 5.74) is 6.61. The highest BCUT2D eigenvalue weighted by molar-refractivity contribution is 7.89. The molecule has 1 aliphatic rings. The normalized spacial score (nSPS) is 19.5. The van der Waals surface area contributed by atoms with Crippen LogP contribution >= 0.6 is 12.4 Å². The summed E-state index contributed by atoms with van der Waals surface area (Å²) in [7, 11) is -3.62. The molecule has 0 heterocycles. The van der Waals surface area contributed by atoms with Gasteiger partial charge in [-0.1, -0.05) is 0 Å². The molecule has 9 heteroatoms. The second kappa shape index (κ2) is 9.47. The van der Waals surface area contributed by atoms with E-state index in [0.29, 0.717) is 11.3 Å². The van der Waals surface area contributed by atoms with Crippen LogP contribution in [0.2, 0.25) is 0 Å². The van der Waals surface area contributed by atoms with Gasteiger partial charge >= 0.3 is 0 Å². The second-order valence-corrected chi connectivity index (χ2v) is 8.43. The van der Waals surface area contributed by atoms with Crippen LogP contribution in [0.1, 0.15) is 36.0 Å². The molecular weight excluding hydrogens is 405 g/mol. The van der Waals surface area contributed by atoms with Crippen molar-refractivity contribution >= 4 is 34.0 Å². The SMILES string of the molecule is Cl.NC1CCC(NS(=O)(=O)c2ccc(NC(=O)c3ccc(F)cc3)cc2)CC1. The van der Waals surface area contributed by atoms with Crippen LogP contribution in [-0.2, 0) is 10.0 Å². The molecular formula is C19H23ClFN3O3S. The number of benzene rings is 2. The minimum atomic E-state index is -3.62. The van der Waals surface area contributed by atoms with Gasteiger partial charge in [0.25, 0.3) is 5.91 Å². The number of hydrogen-bond acceptors (Lipinski definition) is 4. The summed E-state index contributed by atoms with van der Waals surface area (Å²) in [4.78, 5) is 12.3. The van der Waals surface area contributed by atoms with Crippen molar-refractivity contribution in [2.75, 3.05) is 5.32 Å². The molecule has 0 saturated heterocycles. The number of rotatable bonds is 5. The van der Waals surface area contributed by atoms with E-state index in [1.165, 1.54) is 48.5 Å². The minimum Gasteiger partial charge on any atom is -0.328 e. The molecule has 0 atom stereocenters. The van der Waals surface area contributed by atoms with Gasteiger partial charge in [0.05, 0.1) is 4.90 Å². The number of amides is 1. The van der Waals surface area contributed by atoms with Gasteiger partial charge in [0.2, 0.25) is 10.0 Å². The van der Waals surface area contributed by atoms with Gasteiger partial charge in [-0.25, -0.2) is 17.5 Å². The second-order valence-electron chi connectivity index (χ2n) is 6.72. The van der Waals surface area contributed by atoms with Gasteiger partial charge in [-0.15, -0.1) is 12.4 Å². The highest BCUT2D eigenvalue weighted by atomic mass is 35.5. The maximum atomic E-state index is 12.9. The number of carbonyl (C=O) groups is 1. The minimum absolute atomic E-state index is 0. The van der Waals surface area contributed by atoms with Crippen molar-refractivity contribution in [3.8, 4) is 0 Å². The summed E-state index contributed by atoms with van der Waals surface area (Å²) in [6.07, 6.45) is 3.07. The van der Waals surface area contributed by atoms with E-state index in [2.05, 4.69) is 10.0 Å². The summed E-state index contributed by atoms with van der Waals surface area (Å²) in [5, 5.41) is 2.65. The predicted molar refractivity (Wildman–Crippen MR) is 109 cm³/mol. The fourth-order valence-corrected chi connectivity index (χ4v) is 4.35. The third kappa shape index (κ3) is 5.75. The molecule has 3 rings (SSSR count). The number of nitrogens with two attached hydrogens (primary N) is 1. The van der Waals surface area contributed by atoms with Crippen LogP contribution in [0.25, 0.3) is 0 Å². The van der Waals surface area contributed by atoms with Crippen LogP contribution in [0.5, 0.6) is 0 Å². The summed E-state index contributed by atoms with van der Waals surface area (Å²) < 4.78 is 40.6. The molecule has 0 aromatic heterocycles. The molecule has 1 aliphatic carbocycles. The number of carbonyl (C=O) groups excluding carboxylic acids is 1. The van der Waals surface area contributed by atoms with E-state index in [1.807, 2.05) is 0 Å². The molecule has 28 heavy (non-hydrogen) atoms. The number of halogens is 2. The Morgan fingerprint density at radius 1 is 0.964 bits per heavy atom. The zero-order valence-electron chi connectivity index (χ0n) is 15.1. The molecule has 0 aliphatic heterocycles. The van der Waals surface area contributed by atoms with Gasteiger partial charge in [-0.3, -0.25) is 4.79 Å². The first-order valence-electron chi connectivity index (χ1n) is 8.78. The van der Waals surface area contributed by atoms with Gasteiger partial charge in [0, 0.05) is 23.3 Å². The largest absolute Gasteiger partial charge is 0.328 e. The smallest absolute Gasteiger partial charge is 0.255 e. The Balaban J connectivity index is 0.00000280. The summed E-state index contributed by atoms with van der Waals surface area (Å²) >= 11 is 0. The monoisotopic (exact) mass is 427 g/mol. The van der Waals surface area contributed by atoms with Crippen molar-refractivity contribution in [1.82, 2.24) is 4.72 Å².